The summed E-state index contributed by atoms with van der Waals surface area (Å²) in [5.41, 5.74) is 0. The Balaban J connectivity index is 3.26. The Labute approximate surface area is 240 Å². The molecule has 1 unspecified atom stereocenters. The van der Waals surface area contributed by atoms with Crippen LogP contribution >= 0.6 is 0 Å². The number of carboxylic acid groups (broad SMARTS) is 1. The zero-order chi connectivity index (χ0) is 27.8. The monoisotopic (exact) mass is 537 g/mol. The van der Waals surface area contributed by atoms with E-state index in [-0.39, 0.29) is 0 Å². The number of hydrogen-bond donors (Lipinski definition) is 1. The second-order valence-corrected chi connectivity index (χ2v) is 12.5. The fourth-order valence-corrected chi connectivity index (χ4v) is 6.01. The lowest BCUT2D eigenvalue weighted by atomic mass is 9.92. The number of rotatable bonds is 33. The number of carboxylic acids is 1. The molecule has 1 atom stereocenters. The Kier molecular flexibility index (Phi) is 32.2. The summed E-state index contributed by atoms with van der Waals surface area (Å²) in [7, 11) is 0. The molecule has 0 heterocycles. The van der Waals surface area contributed by atoms with Crippen LogP contribution in [-0.4, -0.2) is 11.1 Å². The van der Waals surface area contributed by atoms with Crippen LogP contribution in [0.2, 0.25) is 0 Å². The predicted octanol–water partition coefficient (Wildman–Crippen LogP) is 13.2. The van der Waals surface area contributed by atoms with Crippen LogP contribution in [0.3, 0.4) is 0 Å². The van der Waals surface area contributed by atoms with E-state index in [0.29, 0.717) is 6.42 Å². The van der Waals surface area contributed by atoms with Crippen LogP contribution in [0.5, 0.6) is 0 Å². The quantitative estimate of drug-likeness (QED) is 0.0847. The molecule has 0 aromatic rings. The van der Waals surface area contributed by atoms with Gasteiger partial charge in [0, 0.05) is 6.42 Å². The molecule has 0 spiro atoms. The lowest BCUT2D eigenvalue weighted by molar-refractivity contribution is -0.137. The molecule has 228 valence electrons. The third kappa shape index (κ3) is 31.7. The molecule has 0 rings (SSSR count). The van der Waals surface area contributed by atoms with E-state index in [1.54, 1.807) is 0 Å². The van der Waals surface area contributed by atoms with Gasteiger partial charge >= 0.3 is 5.97 Å². The lowest BCUT2D eigenvalue weighted by Gasteiger charge is -2.14. The third-order valence-corrected chi connectivity index (χ3v) is 8.80. The maximum atomic E-state index is 10.5. The largest absolute Gasteiger partial charge is 0.481 e. The van der Waals surface area contributed by atoms with E-state index in [4.69, 9.17) is 5.11 Å². The first-order valence-corrected chi connectivity index (χ1v) is 17.9. The van der Waals surface area contributed by atoms with Crippen molar-refractivity contribution < 1.29 is 9.90 Å². The molecule has 0 aromatic carbocycles. The van der Waals surface area contributed by atoms with Crippen molar-refractivity contribution in [1.29, 1.82) is 0 Å². The molecular weight excluding hydrogens is 464 g/mol. The van der Waals surface area contributed by atoms with Crippen LogP contribution in [0.4, 0.5) is 0 Å². The average Bonchev–Trinajstić information content (AvgIpc) is 2.91. The van der Waals surface area contributed by atoms with Gasteiger partial charge in [-0.25, -0.2) is 0 Å². The van der Waals surface area contributed by atoms with Gasteiger partial charge in [0.1, 0.15) is 0 Å². The van der Waals surface area contributed by atoms with Crippen LogP contribution in [0, 0.1) is 5.92 Å². The molecular formula is C36H72O2. The zero-order valence-electron chi connectivity index (χ0n) is 26.6. The summed E-state index contributed by atoms with van der Waals surface area (Å²) in [4.78, 5) is 10.5. The molecule has 2 nitrogen and oxygen atoms in total. The molecule has 0 aliphatic rings. The second kappa shape index (κ2) is 32.7. The summed E-state index contributed by atoms with van der Waals surface area (Å²) in [5.74, 6) is 0.343. The molecule has 0 aliphatic heterocycles. The summed E-state index contributed by atoms with van der Waals surface area (Å²) in [6.07, 6.45) is 43.8. The molecule has 0 aliphatic carbocycles. The topological polar surface area (TPSA) is 37.3 Å². The Hall–Kier alpha value is -0.530. The molecule has 0 fully saturated rings. The average molecular weight is 537 g/mol. The minimum absolute atomic E-state index is 0.346. The van der Waals surface area contributed by atoms with Crippen LogP contribution in [-0.2, 0) is 4.79 Å². The molecule has 0 amide bonds. The fraction of sp³-hybridized carbons (Fsp3) is 0.972. The smallest absolute Gasteiger partial charge is 0.303 e. The van der Waals surface area contributed by atoms with Crippen molar-refractivity contribution in [2.75, 3.05) is 0 Å². The standard InChI is InChI=1S/C36H72O2/c1-3-5-6-7-8-9-10-11-14-17-20-23-26-29-32-35(4-2)33-30-27-24-21-18-15-12-13-16-19-22-25-28-31-34-36(37)38/h35H,3-34H2,1-2H3,(H,37,38). The second-order valence-electron chi connectivity index (χ2n) is 12.5. The molecule has 0 bridgehead atoms. The molecule has 0 radical (unpaired) electrons. The molecule has 0 saturated heterocycles. The molecule has 0 saturated carbocycles. The number of aliphatic carboxylic acids is 1. The number of unbranched alkanes of at least 4 members (excludes halogenated alkanes) is 26. The first-order valence-electron chi connectivity index (χ1n) is 17.9. The van der Waals surface area contributed by atoms with Gasteiger partial charge in [-0.2, -0.15) is 0 Å². The minimum Gasteiger partial charge on any atom is -0.481 e. The van der Waals surface area contributed by atoms with E-state index < -0.39 is 5.97 Å². The summed E-state index contributed by atoms with van der Waals surface area (Å²) in [5, 5.41) is 8.64. The Morgan fingerprint density at radius 2 is 0.684 bits per heavy atom. The van der Waals surface area contributed by atoms with E-state index in [0.717, 1.165) is 18.8 Å². The van der Waals surface area contributed by atoms with E-state index in [1.165, 1.54) is 186 Å². The van der Waals surface area contributed by atoms with Crippen LogP contribution in [0.1, 0.15) is 219 Å². The normalized spacial score (nSPS) is 12.3. The van der Waals surface area contributed by atoms with Gasteiger partial charge in [-0.3, -0.25) is 4.79 Å². The van der Waals surface area contributed by atoms with Gasteiger partial charge in [-0.1, -0.05) is 206 Å². The Bertz CT molecular complexity index is 447. The van der Waals surface area contributed by atoms with Gasteiger partial charge in [-0.05, 0) is 12.3 Å². The predicted molar refractivity (Wildman–Crippen MR) is 170 cm³/mol. The third-order valence-electron chi connectivity index (χ3n) is 8.80. The van der Waals surface area contributed by atoms with Gasteiger partial charge in [0.25, 0.3) is 0 Å². The minimum atomic E-state index is -0.648. The highest BCUT2D eigenvalue weighted by atomic mass is 16.4. The molecule has 0 aromatic heterocycles. The van der Waals surface area contributed by atoms with Crippen LogP contribution in [0.25, 0.3) is 0 Å². The van der Waals surface area contributed by atoms with Crippen molar-refractivity contribution in [2.45, 2.75) is 219 Å². The van der Waals surface area contributed by atoms with E-state index in [2.05, 4.69) is 13.8 Å². The highest BCUT2D eigenvalue weighted by molar-refractivity contribution is 5.66. The SMILES string of the molecule is CCCCCCCCCCCCCCCCC(CC)CCCCCCCCCCCCCCCCC(=O)O. The zero-order valence-corrected chi connectivity index (χ0v) is 26.6. The van der Waals surface area contributed by atoms with Gasteiger partial charge < -0.3 is 5.11 Å². The fourth-order valence-electron chi connectivity index (χ4n) is 6.01. The summed E-state index contributed by atoms with van der Waals surface area (Å²) in [6, 6.07) is 0. The first-order chi connectivity index (χ1) is 18.7. The van der Waals surface area contributed by atoms with Crippen molar-refractivity contribution in [3.8, 4) is 0 Å². The highest BCUT2D eigenvalue weighted by Crippen LogP contribution is 2.22. The summed E-state index contributed by atoms with van der Waals surface area (Å²) >= 11 is 0. The maximum Gasteiger partial charge on any atom is 0.303 e. The Morgan fingerprint density at radius 3 is 0.947 bits per heavy atom. The van der Waals surface area contributed by atoms with Crippen LogP contribution in [0.15, 0.2) is 0 Å². The van der Waals surface area contributed by atoms with Crippen molar-refractivity contribution in [2.24, 2.45) is 5.92 Å². The lowest BCUT2D eigenvalue weighted by Crippen LogP contribution is -1.99. The Morgan fingerprint density at radius 1 is 0.421 bits per heavy atom. The van der Waals surface area contributed by atoms with Crippen molar-refractivity contribution in [3.05, 3.63) is 0 Å². The van der Waals surface area contributed by atoms with Crippen molar-refractivity contribution in [3.63, 3.8) is 0 Å². The van der Waals surface area contributed by atoms with Gasteiger partial charge in [-0.15, -0.1) is 0 Å². The van der Waals surface area contributed by atoms with E-state index >= 15 is 0 Å². The van der Waals surface area contributed by atoms with E-state index in [9.17, 15) is 4.79 Å². The van der Waals surface area contributed by atoms with Gasteiger partial charge in [0.05, 0.1) is 0 Å². The van der Waals surface area contributed by atoms with E-state index in [1.807, 2.05) is 0 Å². The molecule has 2 heteroatoms. The first kappa shape index (κ1) is 37.5. The number of carbonyl (C=O) groups is 1. The molecule has 38 heavy (non-hydrogen) atoms. The van der Waals surface area contributed by atoms with Gasteiger partial charge in [0.15, 0.2) is 0 Å². The van der Waals surface area contributed by atoms with Crippen LogP contribution < -0.4 is 0 Å². The molecule has 1 N–H and O–H groups in total. The number of hydrogen-bond acceptors (Lipinski definition) is 1. The summed E-state index contributed by atoms with van der Waals surface area (Å²) in [6.45, 7) is 4.71. The van der Waals surface area contributed by atoms with Gasteiger partial charge in [0.2, 0.25) is 0 Å². The van der Waals surface area contributed by atoms with Crippen molar-refractivity contribution >= 4 is 5.97 Å². The maximum absolute atomic E-state index is 10.5. The highest BCUT2D eigenvalue weighted by Gasteiger charge is 2.06. The summed E-state index contributed by atoms with van der Waals surface area (Å²) < 4.78 is 0. The van der Waals surface area contributed by atoms with Crippen molar-refractivity contribution in [1.82, 2.24) is 0 Å².